The molecule has 3 aliphatic carbocycles. The van der Waals surface area contributed by atoms with Crippen LogP contribution in [0, 0.1) is 0 Å². The maximum Gasteiger partial charge on any atom is 0.141 e. The number of rotatable bonds is 4. The molecule has 1 unspecified atom stereocenters. The molecule has 17 heavy (non-hydrogen) atoms. The Balaban J connectivity index is 1.56. The molecule has 0 aromatic heterocycles. The molecule has 0 heterocycles. The van der Waals surface area contributed by atoms with Crippen molar-refractivity contribution in [1.82, 2.24) is 10.6 Å². The molecule has 0 spiro atoms. The molecule has 1 atom stereocenters. The molecular weight excluding hydrogens is 212 g/mol. The summed E-state index contributed by atoms with van der Waals surface area (Å²) < 4.78 is 0. The van der Waals surface area contributed by atoms with Crippen LogP contribution in [0.3, 0.4) is 0 Å². The maximum atomic E-state index is 10.5. The van der Waals surface area contributed by atoms with E-state index in [4.69, 9.17) is 0 Å². The van der Waals surface area contributed by atoms with Gasteiger partial charge in [-0.3, -0.25) is 5.32 Å². The Morgan fingerprint density at radius 2 is 1.82 bits per heavy atom. The molecule has 0 saturated heterocycles. The molecule has 3 heteroatoms. The Bertz CT molecular complexity index is 342. The molecule has 2 fully saturated rings. The first kappa shape index (κ1) is 11.3. The minimum absolute atomic E-state index is 0.507. The van der Waals surface area contributed by atoms with Crippen molar-refractivity contribution in [2.24, 2.45) is 0 Å². The van der Waals surface area contributed by atoms with Crippen LogP contribution in [0.2, 0.25) is 0 Å². The van der Waals surface area contributed by atoms with Gasteiger partial charge in [0.05, 0.1) is 0 Å². The van der Waals surface area contributed by atoms with Crippen molar-refractivity contribution in [3.8, 4) is 0 Å². The molecule has 3 N–H and O–H groups in total. The summed E-state index contributed by atoms with van der Waals surface area (Å²) in [6.07, 6.45) is 14.2. The van der Waals surface area contributed by atoms with E-state index in [0.29, 0.717) is 18.5 Å². The first-order chi connectivity index (χ1) is 8.23. The van der Waals surface area contributed by atoms with Crippen LogP contribution < -0.4 is 10.6 Å². The highest BCUT2D eigenvalue weighted by Gasteiger charge is 2.32. The Morgan fingerprint density at radius 3 is 2.41 bits per heavy atom. The van der Waals surface area contributed by atoms with Crippen LogP contribution >= 0.6 is 0 Å². The largest absolute Gasteiger partial charge is 0.385 e. The summed E-state index contributed by atoms with van der Waals surface area (Å²) in [6, 6.07) is 1.15. The van der Waals surface area contributed by atoms with Gasteiger partial charge in [0.2, 0.25) is 0 Å². The van der Waals surface area contributed by atoms with Crippen LogP contribution in [0.5, 0.6) is 0 Å². The first-order valence-corrected chi connectivity index (χ1v) is 6.89. The zero-order valence-corrected chi connectivity index (χ0v) is 10.3. The van der Waals surface area contributed by atoms with Crippen LogP contribution in [0.1, 0.15) is 44.9 Å². The predicted octanol–water partition coefficient (Wildman–Crippen LogP) is 1.80. The fourth-order valence-electron chi connectivity index (χ4n) is 2.65. The normalized spacial score (nSPS) is 33.8. The zero-order chi connectivity index (χ0) is 11.7. The zero-order valence-electron chi connectivity index (χ0n) is 10.3. The molecular formula is C14H22N2O. The summed E-state index contributed by atoms with van der Waals surface area (Å²) in [5.74, 6) is 0. The Hall–Kier alpha value is -0.800. The van der Waals surface area contributed by atoms with Crippen molar-refractivity contribution in [2.75, 3.05) is 0 Å². The third-order valence-corrected chi connectivity index (χ3v) is 4.18. The molecule has 94 valence electrons. The van der Waals surface area contributed by atoms with Crippen molar-refractivity contribution in [1.29, 1.82) is 0 Å². The highest BCUT2D eigenvalue weighted by molar-refractivity contribution is 5.24. The molecule has 0 amide bonds. The van der Waals surface area contributed by atoms with Crippen LogP contribution in [0.4, 0.5) is 0 Å². The Morgan fingerprint density at radius 1 is 1.12 bits per heavy atom. The van der Waals surface area contributed by atoms with Gasteiger partial charge in [-0.05, 0) is 44.3 Å². The lowest BCUT2D eigenvalue weighted by atomic mass is 9.89. The van der Waals surface area contributed by atoms with Gasteiger partial charge in [0.15, 0.2) is 0 Å². The van der Waals surface area contributed by atoms with Gasteiger partial charge in [-0.15, -0.1) is 0 Å². The van der Waals surface area contributed by atoms with Crippen molar-refractivity contribution >= 4 is 0 Å². The molecule has 3 aliphatic rings. The SMILES string of the molecule is OC1(NC2CCC2)C=CC=C(NC2CCC2)C1. The summed E-state index contributed by atoms with van der Waals surface area (Å²) in [4.78, 5) is 0. The van der Waals surface area contributed by atoms with Gasteiger partial charge in [-0.25, -0.2) is 0 Å². The van der Waals surface area contributed by atoms with Crippen LogP contribution in [-0.2, 0) is 0 Å². The molecule has 3 nitrogen and oxygen atoms in total. The lowest BCUT2D eigenvalue weighted by molar-refractivity contribution is 0.0264. The first-order valence-electron chi connectivity index (χ1n) is 6.89. The Labute approximate surface area is 103 Å². The monoisotopic (exact) mass is 234 g/mol. The fraction of sp³-hybridized carbons (Fsp3) is 0.714. The van der Waals surface area contributed by atoms with Gasteiger partial charge in [-0.2, -0.15) is 0 Å². The predicted molar refractivity (Wildman–Crippen MR) is 68.3 cm³/mol. The molecule has 0 radical (unpaired) electrons. The van der Waals surface area contributed by atoms with E-state index in [2.05, 4.69) is 16.7 Å². The lowest BCUT2D eigenvalue weighted by Gasteiger charge is -2.39. The van der Waals surface area contributed by atoms with Crippen LogP contribution in [0.25, 0.3) is 0 Å². The molecule has 0 aromatic carbocycles. The second-order valence-electron chi connectivity index (χ2n) is 5.70. The minimum Gasteiger partial charge on any atom is -0.385 e. The smallest absolute Gasteiger partial charge is 0.141 e. The highest BCUT2D eigenvalue weighted by Crippen LogP contribution is 2.27. The van der Waals surface area contributed by atoms with Gasteiger partial charge in [0, 0.05) is 24.2 Å². The van der Waals surface area contributed by atoms with Gasteiger partial charge >= 0.3 is 0 Å². The summed E-state index contributed by atoms with van der Waals surface area (Å²) >= 11 is 0. The number of allylic oxidation sites excluding steroid dienone is 2. The van der Waals surface area contributed by atoms with E-state index in [1.54, 1.807) is 0 Å². The topological polar surface area (TPSA) is 44.3 Å². The highest BCUT2D eigenvalue weighted by atomic mass is 16.3. The number of nitrogens with one attached hydrogen (secondary N) is 2. The molecule has 3 rings (SSSR count). The van der Waals surface area contributed by atoms with E-state index in [0.717, 1.165) is 0 Å². The van der Waals surface area contributed by atoms with Crippen LogP contribution in [-0.4, -0.2) is 22.9 Å². The van der Waals surface area contributed by atoms with Gasteiger partial charge < -0.3 is 10.4 Å². The van der Waals surface area contributed by atoms with Crippen LogP contribution in [0.15, 0.2) is 23.9 Å². The quantitative estimate of drug-likeness (QED) is 0.650. The minimum atomic E-state index is -0.827. The average Bonchev–Trinajstić information content (AvgIpc) is 2.18. The van der Waals surface area contributed by atoms with Crippen molar-refractivity contribution in [3.05, 3.63) is 23.9 Å². The second kappa shape index (κ2) is 4.46. The second-order valence-corrected chi connectivity index (χ2v) is 5.70. The Kier molecular flexibility index (Phi) is 2.97. The van der Waals surface area contributed by atoms with Gasteiger partial charge in [0.1, 0.15) is 5.72 Å². The van der Waals surface area contributed by atoms with Crippen molar-refractivity contribution in [3.63, 3.8) is 0 Å². The molecule has 0 aliphatic heterocycles. The molecule has 2 saturated carbocycles. The van der Waals surface area contributed by atoms with E-state index < -0.39 is 5.72 Å². The van der Waals surface area contributed by atoms with Gasteiger partial charge in [-0.1, -0.05) is 12.5 Å². The van der Waals surface area contributed by atoms with E-state index >= 15 is 0 Å². The standard InChI is InChI=1S/C14H22N2O/c17-14(16-12-6-2-7-12)9-3-8-13(10-14)15-11-4-1-5-11/h3,8-9,11-12,15-17H,1-2,4-7,10H2. The fourth-order valence-corrected chi connectivity index (χ4v) is 2.65. The van der Waals surface area contributed by atoms with E-state index in [1.807, 2.05) is 12.2 Å². The number of aliphatic hydroxyl groups is 1. The molecule has 0 bridgehead atoms. The summed E-state index contributed by atoms with van der Waals surface area (Å²) in [6.45, 7) is 0. The van der Waals surface area contributed by atoms with Crippen molar-refractivity contribution in [2.45, 2.75) is 62.8 Å². The lowest BCUT2D eigenvalue weighted by Crippen LogP contribution is -2.53. The van der Waals surface area contributed by atoms with E-state index in [-0.39, 0.29) is 0 Å². The van der Waals surface area contributed by atoms with E-state index in [1.165, 1.54) is 44.2 Å². The third-order valence-electron chi connectivity index (χ3n) is 4.18. The average molecular weight is 234 g/mol. The number of hydrogen-bond acceptors (Lipinski definition) is 3. The summed E-state index contributed by atoms with van der Waals surface area (Å²) in [5.41, 5.74) is 0.345. The molecule has 0 aromatic rings. The maximum absolute atomic E-state index is 10.5. The van der Waals surface area contributed by atoms with Crippen molar-refractivity contribution < 1.29 is 5.11 Å². The summed E-state index contributed by atoms with van der Waals surface area (Å²) in [7, 11) is 0. The summed E-state index contributed by atoms with van der Waals surface area (Å²) in [5, 5.41) is 17.4. The third kappa shape index (κ3) is 2.55. The number of hydrogen-bond donors (Lipinski definition) is 3. The van der Waals surface area contributed by atoms with E-state index in [9.17, 15) is 5.11 Å². The van der Waals surface area contributed by atoms with Gasteiger partial charge in [0.25, 0.3) is 0 Å².